The van der Waals surface area contributed by atoms with Crippen LogP contribution in [0.1, 0.15) is 30.1 Å². The van der Waals surface area contributed by atoms with Gasteiger partial charge in [0.05, 0.1) is 6.61 Å². The molecule has 0 aliphatic rings. The van der Waals surface area contributed by atoms with Gasteiger partial charge in [-0.2, -0.15) is 0 Å². The van der Waals surface area contributed by atoms with Crippen molar-refractivity contribution in [3.8, 4) is 5.75 Å². The van der Waals surface area contributed by atoms with Gasteiger partial charge in [0, 0.05) is 28.7 Å². The summed E-state index contributed by atoms with van der Waals surface area (Å²) in [7, 11) is 0. The second-order valence-corrected chi connectivity index (χ2v) is 6.02. The zero-order valence-corrected chi connectivity index (χ0v) is 13.4. The van der Waals surface area contributed by atoms with Gasteiger partial charge in [0.1, 0.15) is 11.6 Å². The summed E-state index contributed by atoms with van der Waals surface area (Å²) >= 11 is 1.65. The molecular weight excluding hydrogens is 299 g/mol. The van der Waals surface area contributed by atoms with E-state index >= 15 is 0 Å². The van der Waals surface area contributed by atoms with Crippen molar-refractivity contribution >= 4 is 17.5 Å². The maximum Gasteiger partial charge on any atom is 0.162 e. The molecule has 4 heteroatoms. The van der Waals surface area contributed by atoms with Gasteiger partial charge in [0.2, 0.25) is 0 Å². The summed E-state index contributed by atoms with van der Waals surface area (Å²) in [6, 6.07) is 13.8. The first-order chi connectivity index (χ1) is 10.7. The van der Waals surface area contributed by atoms with Gasteiger partial charge >= 0.3 is 0 Å². The summed E-state index contributed by atoms with van der Waals surface area (Å²) in [4.78, 5) is 12.8. The minimum absolute atomic E-state index is 0.188. The van der Waals surface area contributed by atoms with Gasteiger partial charge in [-0.25, -0.2) is 4.39 Å². The lowest BCUT2D eigenvalue weighted by Gasteiger charge is -2.06. The van der Waals surface area contributed by atoms with Crippen molar-refractivity contribution in [3.63, 3.8) is 0 Å². The Kier molecular flexibility index (Phi) is 6.46. The number of thioether (sulfide) groups is 1. The molecule has 0 radical (unpaired) electrons. The first-order valence-electron chi connectivity index (χ1n) is 7.33. The fourth-order valence-electron chi connectivity index (χ4n) is 1.98. The second kappa shape index (κ2) is 8.59. The third kappa shape index (κ3) is 5.19. The summed E-state index contributed by atoms with van der Waals surface area (Å²) in [6.07, 6.45) is 1.46. The number of carbonyl (C=O) groups excluding carboxylic acids is 1. The number of halogens is 1. The number of carbonyl (C=O) groups is 1. The molecule has 0 unspecified atom stereocenters. The molecule has 0 fully saturated rings. The van der Waals surface area contributed by atoms with Crippen LogP contribution in [0.2, 0.25) is 0 Å². The fraction of sp³-hybridized carbons (Fsp3) is 0.278. The Morgan fingerprint density at radius 3 is 2.64 bits per heavy atom. The molecule has 0 bridgehead atoms. The number of rotatable bonds is 8. The van der Waals surface area contributed by atoms with E-state index in [9.17, 15) is 9.18 Å². The van der Waals surface area contributed by atoms with Gasteiger partial charge in [-0.15, -0.1) is 11.8 Å². The number of ether oxygens (including phenoxy) is 1. The molecule has 0 atom stereocenters. The van der Waals surface area contributed by atoms with Crippen molar-refractivity contribution in [3.05, 3.63) is 59.9 Å². The van der Waals surface area contributed by atoms with Gasteiger partial charge in [0.25, 0.3) is 0 Å². The van der Waals surface area contributed by atoms with Crippen LogP contribution in [0.3, 0.4) is 0 Å². The van der Waals surface area contributed by atoms with Crippen LogP contribution in [0.25, 0.3) is 0 Å². The summed E-state index contributed by atoms with van der Waals surface area (Å²) < 4.78 is 18.5. The number of hydrogen-bond acceptors (Lipinski definition) is 3. The van der Waals surface area contributed by atoms with Crippen LogP contribution < -0.4 is 4.74 Å². The quantitative estimate of drug-likeness (QED) is 0.390. The molecule has 0 spiro atoms. The van der Waals surface area contributed by atoms with Gasteiger partial charge in [-0.3, -0.25) is 4.79 Å². The largest absolute Gasteiger partial charge is 0.493 e. The molecule has 0 N–H and O–H groups in total. The van der Waals surface area contributed by atoms with E-state index in [4.69, 9.17) is 4.74 Å². The van der Waals surface area contributed by atoms with Crippen LogP contribution >= 0.6 is 11.8 Å². The molecule has 0 aliphatic heterocycles. The Bertz CT molecular complexity index is 611. The van der Waals surface area contributed by atoms with Gasteiger partial charge in [-0.1, -0.05) is 25.1 Å². The first kappa shape index (κ1) is 16.6. The molecule has 2 aromatic carbocycles. The molecule has 0 aliphatic carbocycles. The average Bonchev–Trinajstić information content (AvgIpc) is 2.52. The summed E-state index contributed by atoms with van der Waals surface area (Å²) in [5, 5.41) is 0. The van der Waals surface area contributed by atoms with E-state index in [1.165, 1.54) is 12.1 Å². The molecule has 116 valence electrons. The van der Waals surface area contributed by atoms with Crippen molar-refractivity contribution in [2.24, 2.45) is 0 Å². The van der Waals surface area contributed by atoms with E-state index in [-0.39, 0.29) is 11.6 Å². The first-order valence-corrected chi connectivity index (χ1v) is 8.32. The maximum absolute atomic E-state index is 13.0. The van der Waals surface area contributed by atoms with E-state index in [0.717, 1.165) is 22.6 Å². The van der Waals surface area contributed by atoms with E-state index in [1.807, 2.05) is 31.2 Å². The van der Waals surface area contributed by atoms with Crippen molar-refractivity contribution in [2.75, 3.05) is 12.4 Å². The van der Waals surface area contributed by atoms with Gasteiger partial charge < -0.3 is 4.74 Å². The van der Waals surface area contributed by atoms with Crippen molar-refractivity contribution in [1.29, 1.82) is 0 Å². The summed E-state index contributed by atoms with van der Waals surface area (Å²) in [6.45, 7) is 2.51. The molecule has 2 aromatic rings. The Morgan fingerprint density at radius 2 is 1.95 bits per heavy atom. The minimum Gasteiger partial charge on any atom is -0.493 e. The Hall–Kier alpha value is -1.81. The number of Topliss-reactive ketones (excluding diaryl/α,β-unsaturated/α-hetero) is 1. The number of hydrogen-bond donors (Lipinski definition) is 0. The summed E-state index contributed by atoms with van der Waals surface area (Å²) in [5.41, 5.74) is 0.766. The minimum atomic E-state index is -0.294. The lowest BCUT2D eigenvalue weighted by Crippen LogP contribution is -2.00. The summed E-state index contributed by atoms with van der Waals surface area (Å²) in [5.74, 6) is 1.20. The van der Waals surface area contributed by atoms with Gasteiger partial charge in [-0.05, 0) is 30.7 Å². The van der Waals surface area contributed by atoms with Crippen LogP contribution in [0.4, 0.5) is 4.39 Å². The van der Waals surface area contributed by atoms with Crippen LogP contribution in [0, 0.1) is 5.82 Å². The van der Waals surface area contributed by atoms with Crippen LogP contribution in [0.5, 0.6) is 5.75 Å². The third-order valence-electron chi connectivity index (χ3n) is 3.07. The predicted molar refractivity (Wildman–Crippen MR) is 88.3 cm³/mol. The van der Waals surface area contributed by atoms with E-state index in [2.05, 4.69) is 0 Å². The Labute approximate surface area is 134 Å². The maximum atomic E-state index is 13.0. The van der Waals surface area contributed by atoms with Crippen molar-refractivity contribution in [2.45, 2.75) is 24.7 Å². The number of benzene rings is 2. The highest BCUT2D eigenvalue weighted by atomic mass is 32.2. The lowest BCUT2D eigenvalue weighted by atomic mass is 10.1. The zero-order valence-electron chi connectivity index (χ0n) is 12.5. The normalized spacial score (nSPS) is 10.5. The van der Waals surface area contributed by atoms with Crippen molar-refractivity contribution in [1.82, 2.24) is 0 Å². The highest BCUT2D eigenvalue weighted by Crippen LogP contribution is 2.20. The standard InChI is InChI=1S/C18H19FO2S/c1-2-4-18(20)14-7-9-17(10-8-14)22-12-11-21-16-6-3-5-15(19)13-16/h3,5-10,13H,2,4,11-12H2,1H3. The second-order valence-electron chi connectivity index (χ2n) is 4.85. The highest BCUT2D eigenvalue weighted by Gasteiger charge is 2.04. The Balaban J connectivity index is 1.76. The van der Waals surface area contributed by atoms with Crippen molar-refractivity contribution < 1.29 is 13.9 Å². The lowest BCUT2D eigenvalue weighted by molar-refractivity contribution is 0.0981. The molecule has 2 rings (SSSR count). The molecule has 22 heavy (non-hydrogen) atoms. The Morgan fingerprint density at radius 1 is 1.18 bits per heavy atom. The molecular formula is C18H19FO2S. The number of ketones is 1. The molecule has 0 saturated carbocycles. The molecule has 0 heterocycles. The van der Waals surface area contributed by atoms with E-state index in [0.29, 0.717) is 18.8 Å². The van der Waals surface area contributed by atoms with Gasteiger partial charge in [0.15, 0.2) is 5.78 Å². The van der Waals surface area contributed by atoms with Crippen LogP contribution in [-0.4, -0.2) is 18.1 Å². The molecule has 0 saturated heterocycles. The predicted octanol–water partition coefficient (Wildman–Crippen LogP) is 4.98. The van der Waals surface area contributed by atoms with E-state index in [1.54, 1.807) is 23.9 Å². The SMILES string of the molecule is CCCC(=O)c1ccc(SCCOc2cccc(F)c2)cc1. The van der Waals surface area contributed by atoms with E-state index < -0.39 is 0 Å². The van der Waals surface area contributed by atoms with Crippen LogP contribution in [0.15, 0.2) is 53.4 Å². The highest BCUT2D eigenvalue weighted by molar-refractivity contribution is 7.99. The van der Waals surface area contributed by atoms with Crippen LogP contribution in [-0.2, 0) is 0 Å². The zero-order chi connectivity index (χ0) is 15.8. The molecule has 0 amide bonds. The fourth-order valence-corrected chi connectivity index (χ4v) is 2.72. The topological polar surface area (TPSA) is 26.3 Å². The smallest absolute Gasteiger partial charge is 0.162 e. The molecule has 0 aromatic heterocycles. The monoisotopic (exact) mass is 318 g/mol. The molecule has 2 nitrogen and oxygen atoms in total. The average molecular weight is 318 g/mol. The third-order valence-corrected chi connectivity index (χ3v) is 4.05.